The number of carbonyl (C=O) groups excluding carboxylic acids is 2. The molecule has 0 unspecified atom stereocenters. The summed E-state index contributed by atoms with van der Waals surface area (Å²) >= 11 is 1.02. The van der Waals surface area contributed by atoms with Crippen molar-refractivity contribution in [1.82, 2.24) is 5.32 Å². The summed E-state index contributed by atoms with van der Waals surface area (Å²) in [4.78, 5) is 22.7. The molecule has 0 atom stereocenters. The molecule has 4 nitrogen and oxygen atoms in total. The number of halogens is 2. The largest absolute Gasteiger partial charge is 0.469 e. The molecule has 7 heteroatoms. The van der Waals surface area contributed by atoms with Crippen LogP contribution in [0.15, 0.2) is 23.1 Å². The quantitative estimate of drug-likeness (QED) is 0.429. The molecule has 0 aromatic heterocycles. The van der Waals surface area contributed by atoms with Crippen molar-refractivity contribution in [1.29, 1.82) is 0 Å². The highest BCUT2D eigenvalue weighted by molar-refractivity contribution is 8.00. The summed E-state index contributed by atoms with van der Waals surface area (Å²) in [6.07, 6.45) is 2.68. The van der Waals surface area contributed by atoms with Gasteiger partial charge in [-0.3, -0.25) is 9.59 Å². The fraction of sp³-hybridized carbons (Fsp3) is 0.467. The number of ether oxygens (including phenoxy) is 1. The zero-order chi connectivity index (χ0) is 16.4. The number of benzene rings is 1. The van der Waals surface area contributed by atoms with Crippen molar-refractivity contribution >= 4 is 23.6 Å². The molecule has 0 bridgehead atoms. The first-order valence-corrected chi connectivity index (χ1v) is 7.93. The summed E-state index contributed by atoms with van der Waals surface area (Å²) in [5, 5.41) is 2.71. The number of hydrogen-bond donors (Lipinski definition) is 1. The zero-order valence-corrected chi connectivity index (χ0v) is 13.2. The molecule has 0 saturated carbocycles. The van der Waals surface area contributed by atoms with E-state index in [1.165, 1.54) is 13.2 Å². The van der Waals surface area contributed by atoms with E-state index in [9.17, 15) is 18.4 Å². The van der Waals surface area contributed by atoms with Gasteiger partial charge in [0.05, 0.1) is 12.9 Å². The van der Waals surface area contributed by atoms with Crippen molar-refractivity contribution < 1.29 is 23.1 Å². The fourth-order valence-corrected chi connectivity index (χ4v) is 2.44. The SMILES string of the molecule is COC(=O)CCCCCNC(=O)CSc1ccc(F)cc1F. The summed E-state index contributed by atoms with van der Waals surface area (Å²) in [6.45, 7) is 0.506. The molecular formula is C15H19F2NO3S. The predicted octanol–water partition coefficient (Wildman–Crippen LogP) is 2.91. The minimum Gasteiger partial charge on any atom is -0.469 e. The number of methoxy groups -OCH3 is 1. The maximum atomic E-state index is 13.4. The summed E-state index contributed by atoms with van der Waals surface area (Å²) in [7, 11) is 1.35. The molecule has 1 rings (SSSR count). The number of rotatable bonds is 9. The topological polar surface area (TPSA) is 55.4 Å². The van der Waals surface area contributed by atoms with Crippen LogP contribution in [0.5, 0.6) is 0 Å². The Kier molecular flexibility index (Phi) is 8.50. The fourth-order valence-electron chi connectivity index (χ4n) is 1.69. The standard InChI is InChI=1S/C15H19F2NO3S/c1-21-15(20)5-3-2-4-8-18-14(19)10-22-13-7-6-11(16)9-12(13)17/h6-7,9H,2-5,8,10H2,1H3,(H,18,19). The van der Waals surface area contributed by atoms with Crippen LogP contribution in [0.1, 0.15) is 25.7 Å². The molecule has 0 aliphatic rings. The highest BCUT2D eigenvalue weighted by atomic mass is 32.2. The van der Waals surface area contributed by atoms with E-state index in [1.807, 2.05) is 0 Å². The Morgan fingerprint density at radius 1 is 1.23 bits per heavy atom. The normalized spacial score (nSPS) is 10.3. The van der Waals surface area contributed by atoms with Crippen LogP contribution in [0.2, 0.25) is 0 Å². The average Bonchev–Trinajstić information content (AvgIpc) is 2.49. The van der Waals surface area contributed by atoms with Crippen LogP contribution in [0.4, 0.5) is 8.78 Å². The van der Waals surface area contributed by atoms with E-state index >= 15 is 0 Å². The molecule has 0 saturated heterocycles. The van der Waals surface area contributed by atoms with Crippen molar-refractivity contribution in [3.8, 4) is 0 Å². The van der Waals surface area contributed by atoms with Gasteiger partial charge in [0.1, 0.15) is 11.6 Å². The lowest BCUT2D eigenvalue weighted by Gasteiger charge is -2.06. The third-order valence-corrected chi connectivity index (χ3v) is 3.91. The molecule has 0 radical (unpaired) electrons. The second-order valence-corrected chi connectivity index (χ2v) is 5.62. The van der Waals surface area contributed by atoms with Gasteiger partial charge < -0.3 is 10.1 Å². The Balaban J connectivity index is 2.12. The maximum Gasteiger partial charge on any atom is 0.305 e. The van der Waals surface area contributed by atoms with Crippen molar-refractivity contribution in [3.63, 3.8) is 0 Å². The van der Waals surface area contributed by atoms with Gasteiger partial charge in [-0.25, -0.2) is 8.78 Å². The summed E-state index contributed by atoms with van der Waals surface area (Å²) in [5.74, 6) is -1.67. The lowest BCUT2D eigenvalue weighted by atomic mass is 10.2. The minimum atomic E-state index is -0.666. The molecule has 1 aromatic carbocycles. The van der Waals surface area contributed by atoms with E-state index in [2.05, 4.69) is 10.1 Å². The van der Waals surface area contributed by atoms with Crippen LogP contribution in [0.25, 0.3) is 0 Å². The maximum absolute atomic E-state index is 13.4. The first-order valence-electron chi connectivity index (χ1n) is 6.94. The second-order valence-electron chi connectivity index (χ2n) is 4.60. The number of nitrogens with one attached hydrogen (secondary N) is 1. The molecule has 1 N–H and O–H groups in total. The smallest absolute Gasteiger partial charge is 0.305 e. The molecule has 22 heavy (non-hydrogen) atoms. The first-order chi connectivity index (χ1) is 10.5. The third-order valence-electron chi connectivity index (χ3n) is 2.86. The number of thioether (sulfide) groups is 1. The lowest BCUT2D eigenvalue weighted by Crippen LogP contribution is -2.26. The monoisotopic (exact) mass is 331 g/mol. The van der Waals surface area contributed by atoms with E-state index in [0.717, 1.165) is 43.2 Å². The molecule has 0 heterocycles. The number of esters is 1. The van der Waals surface area contributed by atoms with Gasteiger partial charge in [-0.2, -0.15) is 0 Å². The highest BCUT2D eigenvalue weighted by Gasteiger charge is 2.07. The Morgan fingerprint density at radius 3 is 2.68 bits per heavy atom. The molecule has 0 aliphatic heterocycles. The Bertz CT molecular complexity index is 512. The van der Waals surface area contributed by atoms with E-state index in [4.69, 9.17) is 0 Å². The van der Waals surface area contributed by atoms with Crippen LogP contribution >= 0.6 is 11.8 Å². The van der Waals surface area contributed by atoms with Crippen molar-refractivity contribution in [2.24, 2.45) is 0 Å². The first kappa shape index (κ1) is 18.4. The highest BCUT2D eigenvalue weighted by Crippen LogP contribution is 2.21. The van der Waals surface area contributed by atoms with Crippen LogP contribution in [0.3, 0.4) is 0 Å². The van der Waals surface area contributed by atoms with Gasteiger partial charge in [0.2, 0.25) is 5.91 Å². The van der Waals surface area contributed by atoms with Gasteiger partial charge >= 0.3 is 5.97 Å². The van der Waals surface area contributed by atoms with Crippen molar-refractivity contribution in [2.75, 3.05) is 19.4 Å². The van der Waals surface area contributed by atoms with E-state index in [1.54, 1.807) is 0 Å². The van der Waals surface area contributed by atoms with Crippen LogP contribution in [-0.2, 0) is 14.3 Å². The Morgan fingerprint density at radius 2 is 2.00 bits per heavy atom. The van der Waals surface area contributed by atoms with Gasteiger partial charge in [-0.15, -0.1) is 11.8 Å². The van der Waals surface area contributed by atoms with E-state index in [0.29, 0.717) is 13.0 Å². The van der Waals surface area contributed by atoms with Crippen molar-refractivity contribution in [2.45, 2.75) is 30.6 Å². The van der Waals surface area contributed by atoms with Crippen LogP contribution < -0.4 is 5.32 Å². The van der Waals surface area contributed by atoms with E-state index < -0.39 is 11.6 Å². The number of hydrogen-bond acceptors (Lipinski definition) is 4. The minimum absolute atomic E-state index is 0.0741. The van der Waals surface area contributed by atoms with Crippen LogP contribution in [-0.4, -0.2) is 31.3 Å². The number of amides is 1. The predicted molar refractivity (Wildman–Crippen MR) is 80.6 cm³/mol. The summed E-state index contributed by atoms with van der Waals surface area (Å²) < 4.78 is 30.6. The molecule has 0 aliphatic carbocycles. The van der Waals surface area contributed by atoms with Gasteiger partial charge in [-0.05, 0) is 25.0 Å². The molecule has 0 fully saturated rings. The number of unbranched alkanes of at least 4 members (excludes halogenated alkanes) is 2. The third kappa shape index (κ3) is 7.40. The van der Waals surface area contributed by atoms with Crippen molar-refractivity contribution in [3.05, 3.63) is 29.8 Å². The molecule has 1 aromatic rings. The Labute approximate surface area is 132 Å². The zero-order valence-electron chi connectivity index (χ0n) is 12.4. The van der Waals surface area contributed by atoms with Gasteiger partial charge in [0.15, 0.2) is 0 Å². The summed E-state index contributed by atoms with van der Waals surface area (Å²) in [6, 6.07) is 3.27. The van der Waals surface area contributed by atoms with Gasteiger partial charge in [0, 0.05) is 23.9 Å². The van der Waals surface area contributed by atoms with E-state index in [-0.39, 0.29) is 22.5 Å². The molecule has 1 amide bonds. The van der Waals surface area contributed by atoms with Gasteiger partial charge in [-0.1, -0.05) is 6.42 Å². The molecular weight excluding hydrogens is 312 g/mol. The number of carbonyl (C=O) groups is 2. The second kappa shape index (κ2) is 10.2. The van der Waals surface area contributed by atoms with Gasteiger partial charge in [0.25, 0.3) is 0 Å². The Hall–Kier alpha value is -1.63. The summed E-state index contributed by atoms with van der Waals surface area (Å²) in [5.41, 5.74) is 0. The average molecular weight is 331 g/mol. The molecule has 122 valence electrons. The lowest BCUT2D eigenvalue weighted by molar-refractivity contribution is -0.140. The van der Waals surface area contributed by atoms with Crippen LogP contribution in [0, 0.1) is 11.6 Å². The molecule has 0 spiro atoms.